The highest BCUT2D eigenvalue weighted by molar-refractivity contribution is 8.19. The maximum Gasteiger partial charge on any atom is 0.269 e. The zero-order chi connectivity index (χ0) is 29.2. The van der Waals surface area contributed by atoms with Crippen molar-refractivity contribution in [1.29, 1.82) is 15.9 Å². The maximum atomic E-state index is 13.1. The van der Waals surface area contributed by atoms with Crippen LogP contribution in [0.3, 0.4) is 0 Å². The van der Waals surface area contributed by atoms with Crippen molar-refractivity contribution >= 4 is 51.7 Å². The molecule has 10 heteroatoms. The van der Waals surface area contributed by atoms with Crippen LogP contribution in [0.25, 0.3) is 0 Å². The summed E-state index contributed by atoms with van der Waals surface area (Å²) in [5.74, 6) is -0.120. The third-order valence-corrected chi connectivity index (χ3v) is 8.62. The molecule has 208 valence electrons. The van der Waals surface area contributed by atoms with Gasteiger partial charge in [-0.3, -0.25) is 15.1 Å². The molecule has 0 saturated carbocycles. The molecule has 1 amide bonds. The Kier molecular flexibility index (Phi) is 10.3. The summed E-state index contributed by atoms with van der Waals surface area (Å²) in [7, 11) is 1.96. The SMILES string of the molecule is CCNc1ccc(C#N)cc1.CN1/C(=C2/SC(=N)N(Cc3ccccc3)C2=O)Sc2cc(NCCCC#N)ccc21. The molecule has 41 heavy (non-hydrogen) atoms. The number of carbonyl (C=O) groups excluding carboxylic acids is 1. The van der Waals surface area contributed by atoms with Gasteiger partial charge < -0.3 is 15.5 Å². The maximum absolute atomic E-state index is 13.1. The molecule has 0 bridgehead atoms. The van der Waals surface area contributed by atoms with Gasteiger partial charge in [-0.15, -0.1) is 0 Å². The van der Waals surface area contributed by atoms with Crippen molar-refractivity contribution in [1.82, 2.24) is 4.90 Å². The second-order valence-electron chi connectivity index (χ2n) is 9.17. The molecule has 2 aliphatic heterocycles. The molecule has 2 aliphatic rings. The first-order valence-corrected chi connectivity index (χ1v) is 14.9. The molecule has 3 aromatic carbocycles. The van der Waals surface area contributed by atoms with E-state index < -0.39 is 0 Å². The van der Waals surface area contributed by atoms with Gasteiger partial charge in [0.2, 0.25) is 0 Å². The molecule has 0 unspecified atom stereocenters. The number of benzene rings is 3. The first kappa shape index (κ1) is 29.6. The van der Waals surface area contributed by atoms with Crippen LogP contribution in [0.4, 0.5) is 17.1 Å². The third kappa shape index (κ3) is 7.43. The first-order chi connectivity index (χ1) is 19.9. The molecule has 5 rings (SSSR count). The smallest absolute Gasteiger partial charge is 0.269 e. The van der Waals surface area contributed by atoms with Crippen LogP contribution in [0.2, 0.25) is 0 Å². The van der Waals surface area contributed by atoms with Gasteiger partial charge in [-0.2, -0.15) is 10.5 Å². The number of anilines is 3. The van der Waals surface area contributed by atoms with Crippen molar-refractivity contribution in [3.63, 3.8) is 0 Å². The minimum Gasteiger partial charge on any atom is -0.385 e. The largest absolute Gasteiger partial charge is 0.385 e. The standard InChI is InChI=1S/C22H21N5OS2.C9H10N2/c1-26-17-10-9-16(25-12-6-5-11-23)13-18(17)29-21(26)19-20(28)27(22(24)30-19)14-15-7-3-2-4-8-15;1-2-11-9-5-3-8(7-10)4-6-9/h2-4,7-10,13,24-25H,5-6,12,14H2,1H3;3-6,11H,2H2,1H3/b21-19-,24-22?;. The molecule has 0 spiro atoms. The molecule has 3 N–H and O–H groups in total. The summed E-state index contributed by atoms with van der Waals surface area (Å²) < 4.78 is 0. The van der Waals surface area contributed by atoms with E-state index in [9.17, 15) is 4.79 Å². The van der Waals surface area contributed by atoms with E-state index in [4.69, 9.17) is 15.9 Å². The van der Waals surface area contributed by atoms with Crippen molar-refractivity contribution in [2.45, 2.75) is 31.2 Å². The van der Waals surface area contributed by atoms with E-state index in [0.29, 0.717) is 23.4 Å². The summed E-state index contributed by atoms with van der Waals surface area (Å²) in [5.41, 5.74) is 4.82. The Morgan fingerprint density at radius 1 is 0.951 bits per heavy atom. The van der Waals surface area contributed by atoms with Crippen LogP contribution in [0.5, 0.6) is 0 Å². The Labute approximate surface area is 249 Å². The van der Waals surface area contributed by atoms with Crippen molar-refractivity contribution < 1.29 is 4.79 Å². The number of fused-ring (bicyclic) bond motifs is 1. The molecule has 8 nitrogen and oxygen atoms in total. The minimum absolute atomic E-state index is 0.120. The van der Waals surface area contributed by atoms with E-state index in [1.165, 1.54) is 16.7 Å². The van der Waals surface area contributed by atoms with Gasteiger partial charge in [0.1, 0.15) is 4.91 Å². The van der Waals surface area contributed by atoms with Crippen molar-refractivity contribution in [2.24, 2.45) is 0 Å². The van der Waals surface area contributed by atoms with Crippen LogP contribution < -0.4 is 15.5 Å². The van der Waals surface area contributed by atoms with Crippen LogP contribution in [0.1, 0.15) is 30.9 Å². The zero-order valence-electron chi connectivity index (χ0n) is 23.0. The van der Waals surface area contributed by atoms with E-state index in [1.54, 1.807) is 23.9 Å². The number of hydrogen-bond donors (Lipinski definition) is 3. The van der Waals surface area contributed by atoms with Gasteiger partial charge in [0.05, 0.1) is 35.0 Å². The minimum atomic E-state index is -0.120. The van der Waals surface area contributed by atoms with E-state index in [2.05, 4.69) is 28.8 Å². The molecular weight excluding hydrogens is 551 g/mol. The topological polar surface area (TPSA) is 119 Å². The number of carbonyl (C=O) groups is 1. The van der Waals surface area contributed by atoms with E-state index >= 15 is 0 Å². The van der Waals surface area contributed by atoms with Gasteiger partial charge in [-0.1, -0.05) is 42.1 Å². The fourth-order valence-corrected chi connectivity index (χ4v) is 6.43. The molecule has 1 fully saturated rings. The van der Waals surface area contributed by atoms with Crippen LogP contribution in [0, 0.1) is 28.1 Å². The number of amides is 1. The molecule has 0 aliphatic carbocycles. The number of unbranched alkanes of at least 4 members (excludes halogenated alkanes) is 1. The monoisotopic (exact) mass is 581 g/mol. The highest BCUT2D eigenvalue weighted by Crippen LogP contribution is 2.50. The average molecular weight is 582 g/mol. The first-order valence-electron chi connectivity index (χ1n) is 13.2. The number of rotatable bonds is 8. The van der Waals surface area contributed by atoms with Crippen molar-refractivity contribution in [3.05, 3.63) is 93.9 Å². The molecular formula is C31H31N7OS2. The number of nitrogens with one attached hydrogen (secondary N) is 3. The molecule has 0 radical (unpaired) electrons. The summed E-state index contributed by atoms with van der Waals surface area (Å²) in [5, 5.41) is 33.1. The van der Waals surface area contributed by atoms with Crippen LogP contribution in [-0.4, -0.2) is 36.1 Å². The average Bonchev–Trinajstić information content (AvgIpc) is 3.47. The van der Waals surface area contributed by atoms with Crippen molar-refractivity contribution in [3.8, 4) is 12.1 Å². The van der Waals surface area contributed by atoms with Gasteiger partial charge in [0, 0.05) is 42.8 Å². The van der Waals surface area contributed by atoms with Gasteiger partial charge in [0.15, 0.2) is 5.17 Å². The fourth-order valence-electron chi connectivity index (χ4n) is 4.19. The zero-order valence-corrected chi connectivity index (χ0v) is 24.6. The van der Waals surface area contributed by atoms with Crippen LogP contribution >= 0.6 is 23.5 Å². The lowest BCUT2D eigenvalue weighted by atomic mass is 10.2. The third-order valence-electron chi connectivity index (χ3n) is 6.28. The van der Waals surface area contributed by atoms with E-state index in [0.717, 1.165) is 52.1 Å². The predicted octanol–water partition coefficient (Wildman–Crippen LogP) is 6.81. The summed E-state index contributed by atoms with van der Waals surface area (Å²) >= 11 is 2.79. The molecule has 1 saturated heterocycles. The second kappa shape index (κ2) is 14.3. The van der Waals surface area contributed by atoms with E-state index in [1.807, 2.05) is 73.5 Å². The highest BCUT2D eigenvalue weighted by Gasteiger charge is 2.38. The number of hydrogen-bond acceptors (Lipinski definition) is 9. The van der Waals surface area contributed by atoms with E-state index in [-0.39, 0.29) is 11.1 Å². The predicted molar refractivity (Wildman–Crippen MR) is 169 cm³/mol. The number of thioether (sulfide) groups is 2. The molecule has 0 atom stereocenters. The quantitative estimate of drug-likeness (QED) is 0.196. The van der Waals surface area contributed by atoms with Gasteiger partial charge in [0.25, 0.3) is 5.91 Å². The Bertz CT molecular complexity index is 1510. The Hall–Kier alpha value is -4.38. The lowest BCUT2D eigenvalue weighted by Crippen LogP contribution is -2.28. The van der Waals surface area contributed by atoms with Gasteiger partial charge in [-0.25, -0.2) is 0 Å². The molecule has 0 aromatic heterocycles. The highest BCUT2D eigenvalue weighted by atomic mass is 32.2. The lowest BCUT2D eigenvalue weighted by Gasteiger charge is -2.16. The van der Waals surface area contributed by atoms with Crippen molar-refractivity contribution in [2.75, 3.05) is 35.7 Å². The molecule has 3 aromatic rings. The lowest BCUT2D eigenvalue weighted by molar-refractivity contribution is -0.122. The number of amidine groups is 1. The van der Waals surface area contributed by atoms with Gasteiger partial charge in [-0.05, 0) is 73.1 Å². The van der Waals surface area contributed by atoms with Gasteiger partial charge >= 0.3 is 0 Å². The Balaban J connectivity index is 0.000000296. The van der Waals surface area contributed by atoms with Crippen LogP contribution in [-0.2, 0) is 11.3 Å². The fraction of sp³-hybridized carbons (Fsp3) is 0.226. The second-order valence-corrected chi connectivity index (χ2v) is 11.2. The molecule has 2 heterocycles. The summed E-state index contributed by atoms with van der Waals surface area (Å²) in [6, 6.07) is 27.5. The normalized spacial score (nSPS) is 15.5. The summed E-state index contributed by atoms with van der Waals surface area (Å²) in [4.78, 5) is 18.3. The number of nitrogens with zero attached hydrogens (tertiary/aromatic N) is 4. The Morgan fingerprint density at radius 3 is 2.37 bits per heavy atom. The Morgan fingerprint density at radius 2 is 1.68 bits per heavy atom. The van der Waals surface area contributed by atoms with Crippen LogP contribution in [0.15, 0.2) is 87.6 Å². The summed E-state index contributed by atoms with van der Waals surface area (Å²) in [6.45, 7) is 4.10. The number of nitriles is 2. The summed E-state index contributed by atoms with van der Waals surface area (Å²) in [6.07, 6.45) is 1.34.